The molecule has 1 aromatic heterocycles. The molecule has 0 radical (unpaired) electrons. The summed E-state index contributed by atoms with van der Waals surface area (Å²) in [5, 5.41) is 3.19. The van der Waals surface area contributed by atoms with Gasteiger partial charge in [-0.15, -0.1) is 0 Å². The Hall–Kier alpha value is -1.66. The second kappa shape index (κ2) is 5.54. The lowest BCUT2D eigenvalue weighted by molar-refractivity contribution is -0.136. The molecular formula is C13H18N2O4. The van der Waals surface area contributed by atoms with Gasteiger partial charge in [-0.05, 0) is 26.0 Å². The predicted molar refractivity (Wildman–Crippen MR) is 69.0 cm³/mol. The molecule has 6 nitrogen and oxygen atoms in total. The molecule has 1 aliphatic heterocycles. The normalized spacial score (nSPS) is 21.1. The lowest BCUT2D eigenvalue weighted by Gasteiger charge is -2.17. The average molecular weight is 266 g/mol. The van der Waals surface area contributed by atoms with Gasteiger partial charge >= 0.3 is 5.97 Å². The fourth-order valence-corrected chi connectivity index (χ4v) is 1.85. The molecule has 2 rings (SSSR count). The maximum absolute atomic E-state index is 11.4. The number of carbonyl (C=O) groups is 1. The van der Waals surface area contributed by atoms with E-state index >= 15 is 0 Å². The van der Waals surface area contributed by atoms with Gasteiger partial charge in [0.2, 0.25) is 0 Å². The summed E-state index contributed by atoms with van der Waals surface area (Å²) >= 11 is 0. The first kappa shape index (κ1) is 13.8. The SMILES string of the molecule is COC(=O)c1cc(NCC2COC(C)(C)O2)ccn1. The van der Waals surface area contributed by atoms with E-state index in [1.807, 2.05) is 13.8 Å². The van der Waals surface area contributed by atoms with Crippen LogP contribution in [0, 0.1) is 0 Å². The Morgan fingerprint density at radius 1 is 1.63 bits per heavy atom. The van der Waals surface area contributed by atoms with Crippen molar-refractivity contribution < 1.29 is 19.0 Å². The molecule has 2 heterocycles. The second-order valence-corrected chi connectivity index (χ2v) is 4.75. The van der Waals surface area contributed by atoms with Gasteiger partial charge in [-0.3, -0.25) is 0 Å². The Bertz CT molecular complexity index is 462. The lowest BCUT2D eigenvalue weighted by Crippen LogP contribution is -2.26. The van der Waals surface area contributed by atoms with Crippen LogP contribution in [0.2, 0.25) is 0 Å². The zero-order chi connectivity index (χ0) is 13.9. The number of ether oxygens (including phenoxy) is 3. The van der Waals surface area contributed by atoms with Crippen molar-refractivity contribution in [1.82, 2.24) is 4.98 Å². The van der Waals surface area contributed by atoms with Crippen LogP contribution in [0.3, 0.4) is 0 Å². The van der Waals surface area contributed by atoms with E-state index in [4.69, 9.17) is 9.47 Å². The number of pyridine rings is 1. The fourth-order valence-electron chi connectivity index (χ4n) is 1.85. The minimum Gasteiger partial charge on any atom is -0.464 e. The summed E-state index contributed by atoms with van der Waals surface area (Å²) in [4.78, 5) is 15.3. The molecule has 1 aromatic rings. The van der Waals surface area contributed by atoms with Gasteiger partial charge in [0, 0.05) is 18.4 Å². The van der Waals surface area contributed by atoms with Crippen LogP contribution in [0.1, 0.15) is 24.3 Å². The third kappa shape index (κ3) is 3.65. The lowest BCUT2D eigenvalue weighted by atomic mass is 10.3. The number of aromatic nitrogens is 1. The zero-order valence-electron chi connectivity index (χ0n) is 11.3. The summed E-state index contributed by atoms with van der Waals surface area (Å²) in [6, 6.07) is 3.43. The van der Waals surface area contributed by atoms with Crippen molar-refractivity contribution in [3.63, 3.8) is 0 Å². The second-order valence-electron chi connectivity index (χ2n) is 4.75. The maximum atomic E-state index is 11.4. The van der Waals surface area contributed by atoms with Gasteiger partial charge in [0.05, 0.1) is 13.7 Å². The van der Waals surface area contributed by atoms with Gasteiger partial charge in [-0.25, -0.2) is 9.78 Å². The molecular weight excluding hydrogens is 248 g/mol. The van der Waals surface area contributed by atoms with Gasteiger partial charge in [-0.2, -0.15) is 0 Å². The molecule has 0 saturated carbocycles. The predicted octanol–water partition coefficient (Wildman–Crippen LogP) is 1.43. The number of anilines is 1. The third-order valence-corrected chi connectivity index (χ3v) is 2.76. The highest BCUT2D eigenvalue weighted by Crippen LogP contribution is 2.22. The highest BCUT2D eigenvalue weighted by Gasteiger charge is 2.32. The summed E-state index contributed by atoms with van der Waals surface area (Å²) in [5.74, 6) is -0.980. The van der Waals surface area contributed by atoms with Gasteiger partial charge in [0.25, 0.3) is 0 Å². The van der Waals surface area contributed by atoms with Crippen molar-refractivity contribution >= 4 is 11.7 Å². The average Bonchev–Trinajstić information content (AvgIpc) is 2.75. The smallest absolute Gasteiger partial charge is 0.356 e. The number of methoxy groups -OCH3 is 1. The van der Waals surface area contributed by atoms with E-state index in [9.17, 15) is 4.79 Å². The summed E-state index contributed by atoms with van der Waals surface area (Å²) < 4.78 is 15.8. The first-order valence-corrected chi connectivity index (χ1v) is 6.10. The molecule has 1 unspecified atom stereocenters. The Morgan fingerprint density at radius 3 is 3.05 bits per heavy atom. The number of hydrogen-bond acceptors (Lipinski definition) is 6. The van der Waals surface area contributed by atoms with Crippen LogP contribution in [0.5, 0.6) is 0 Å². The van der Waals surface area contributed by atoms with Crippen LogP contribution in [0.15, 0.2) is 18.3 Å². The third-order valence-electron chi connectivity index (χ3n) is 2.76. The first-order chi connectivity index (χ1) is 9.00. The number of esters is 1. The van der Waals surface area contributed by atoms with Crippen LogP contribution in [-0.2, 0) is 14.2 Å². The summed E-state index contributed by atoms with van der Waals surface area (Å²) in [5.41, 5.74) is 1.07. The summed E-state index contributed by atoms with van der Waals surface area (Å²) in [6.45, 7) is 4.92. The molecule has 0 amide bonds. The first-order valence-electron chi connectivity index (χ1n) is 6.10. The van der Waals surface area contributed by atoms with E-state index in [1.54, 1.807) is 18.3 Å². The van der Waals surface area contributed by atoms with Crippen molar-refractivity contribution in [2.24, 2.45) is 0 Å². The number of nitrogens with zero attached hydrogens (tertiary/aromatic N) is 1. The fraction of sp³-hybridized carbons (Fsp3) is 0.538. The Morgan fingerprint density at radius 2 is 2.42 bits per heavy atom. The van der Waals surface area contributed by atoms with Crippen LogP contribution in [0.25, 0.3) is 0 Å². The zero-order valence-corrected chi connectivity index (χ0v) is 11.3. The topological polar surface area (TPSA) is 69.7 Å². The quantitative estimate of drug-likeness (QED) is 0.831. The Kier molecular flexibility index (Phi) is 4.01. The molecule has 1 aliphatic rings. The van der Waals surface area contributed by atoms with Crippen molar-refractivity contribution in [3.8, 4) is 0 Å². The van der Waals surface area contributed by atoms with Gasteiger partial charge in [0.15, 0.2) is 5.79 Å². The van der Waals surface area contributed by atoms with Crippen molar-refractivity contribution in [1.29, 1.82) is 0 Å². The van der Waals surface area contributed by atoms with Crippen molar-refractivity contribution in [3.05, 3.63) is 24.0 Å². The highest BCUT2D eigenvalue weighted by molar-refractivity contribution is 5.88. The van der Waals surface area contributed by atoms with Crippen LogP contribution >= 0.6 is 0 Å². The maximum Gasteiger partial charge on any atom is 0.356 e. The van der Waals surface area contributed by atoms with Crippen LogP contribution in [0.4, 0.5) is 5.69 Å². The highest BCUT2D eigenvalue weighted by atomic mass is 16.7. The monoisotopic (exact) mass is 266 g/mol. The van der Waals surface area contributed by atoms with E-state index < -0.39 is 11.8 Å². The number of hydrogen-bond donors (Lipinski definition) is 1. The largest absolute Gasteiger partial charge is 0.464 e. The van der Waals surface area contributed by atoms with Gasteiger partial charge in [0.1, 0.15) is 11.8 Å². The van der Waals surface area contributed by atoms with E-state index in [-0.39, 0.29) is 11.8 Å². The van der Waals surface area contributed by atoms with E-state index in [1.165, 1.54) is 7.11 Å². The number of carbonyl (C=O) groups excluding carboxylic acids is 1. The Labute approximate surface area is 112 Å². The van der Waals surface area contributed by atoms with Crippen LogP contribution < -0.4 is 5.32 Å². The molecule has 104 valence electrons. The summed E-state index contributed by atoms with van der Waals surface area (Å²) in [6.07, 6.45) is 1.55. The standard InChI is InChI=1S/C13H18N2O4/c1-13(2)18-8-10(19-13)7-15-9-4-5-14-11(6-9)12(16)17-3/h4-6,10H,7-8H2,1-3H3,(H,14,15). The van der Waals surface area contributed by atoms with Crippen molar-refractivity contribution in [2.75, 3.05) is 25.6 Å². The van der Waals surface area contributed by atoms with E-state index in [2.05, 4.69) is 15.0 Å². The number of rotatable bonds is 4. The molecule has 0 spiro atoms. The molecule has 0 bridgehead atoms. The van der Waals surface area contributed by atoms with Gasteiger partial charge in [-0.1, -0.05) is 0 Å². The van der Waals surface area contributed by atoms with Gasteiger partial charge < -0.3 is 19.5 Å². The van der Waals surface area contributed by atoms with Crippen LogP contribution in [-0.4, -0.2) is 43.1 Å². The minimum absolute atomic E-state index is 0.00950. The Balaban J connectivity index is 1.91. The molecule has 1 saturated heterocycles. The van der Waals surface area contributed by atoms with Crippen molar-refractivity contribution in [2.45, 2.75) is 25.7 Å². The van der Waals surface area contributed by atoms with E-state index in [0.29, 0.717) is 13.2 Å². The molecule has 1 atom stereocenters. The minimum atomic E-state index is -0.526. The number of nitrogens with one attached hydrogen (secondary N) is 1. The van der Waals surface area contributed by atoms with E-state index in [0.717, 1.165) is 5.69 Å². The molecule has 1 fully saturated rings. The summed E-state index contributed by atoms with van der Waals surface area (Å²) in [7, 11) is 1.33. The molecule has 0 aliphatic carbocycles. The molecule has 1 N–H and O–H groups in total. The molecule has 6 heteroatoms. The molecule has 19 heavy (non-hydrogen) atoms. The molecule has 0 aromatic carbocycles.